The molecule has 51 heavy (non-hydrogen) atoms. The Labute approximate surface area is 294 Å². The number of aromatic nitrogens is 4. The van der Waals surface area contributed by atoms with Crippen LogP contribution in [0.1, 0.15) is 25.0 Å². The fourth-order valence-corrected chi connectivity index (χ4v) is 8.76. The molecule has 0 N–H and O–H groups in total. The van der Waals surface area contributed by atoms with Gasteiger partial charge in [-0.2, -0.15) is 0 Å². The second kappa shape index (κ2) is 10.3. The van der Waals surface area contributed by atoms with Crippen LogP contribution in [-0.4, -0.2) is 19.1 Å². The lowest BCUT2D eigenvalue weighted by Gasteiger charge is -2.24. The molecular weight excluding hydrogens is 621 g/mol. The van der Waals surface area contributed by atoms with E-state index >= 15 is 0 Å². The summed E-state index contributed by atoms with van der Waals surface area (Å²) in [5.41, 5.74) is 12.1. The first-order chi connectivity index (χ1) is 25.1. The molecule has 0 fully saturated rings. The Morgan fingerprint density at radius 3 is 1.84 bits per heavy atom. The van der Waals surface area contributed by atoms with Crippen LogP contribution in [0, 0.1) is 0 Å². The molecule has 0 saturated carbocycles. The van der Waals surface area contributed by atoms with E-state index in [1.165, 1.54) is 54.5 Å². The second-order valence-electron chi connectivity index (χ2n) is 14.3. The smallest absolute Gasteiger partial charge is 0.235 e. The molecular formula is C47H32N4. The SMILES string of the molecule is CC1(C)c2ccccc2-c2nc(-n3c4ccccc4c4cc5ccccc5cc43)nc(-c3ccc4c5ccccc5n(-c5ccccc5)c4c3)c21. The molecule has 0 amide bonds. The molecule has 1 aliphatic carbocycles. The van der Waals surface area contributed by atoms with Crippen molar-refractivity contribution >= 4 is 54.4 Å². The van der Waals surface area contributed by atoms with Crippen LogP contribution in [0.4, 0.5) is 0 Å². The lowest BCUT2D eigenvalue weighted by molar-refractivity contribution is 0.657. The number of hydrogen-bond acceptors (Lipinski definition) is 2. The van der Waals surface area contributed by atoms with Gasteiger partial charge in [0.2, 0.25) is 5.95 Å². The Bertz CT molecular complexity index is 3050. The van der Waals surface area contributed by atoms with Crippen LogP contribution in [0.5, 0.6) is 0 Å². The highest BCUT2D eigenvalue weighted by atomic mass is 15.2. The fraction of sp³-hybridized carbons (Fsp3) is 0.0638. The lowest BCUT2D eigenvalue weighted by Crippen LogP contribution is -2.18. The third kappa shape index (κ3) is 3.90. The normalized spacial score (nSPS) is 13.5. The minimum absolute atomic E-state index is 0.294. The van der Waals surface area contributed by atoms with Gasteiger partial charge in [-0.3, -0.25) is 4.57 Å². The van der Waals surface area contributed by atoms with Gasteiger partial charge in [-0.05, 0) is 58.8 Å². The number of benzene rings is 7. The van der Waals surface area contributed by atoms with Gasteiger partial charge < -0.3 is 4.57 Å². The highest BCUT2D eigenvalue weighted by Crippen LogP contribution is 2.51. The predicted molar refractivity (Wildman–Crippen MR) is 211 cm³/mol. The summed E-state index contributed by atoms with van der Waals surface area (Å²) in [5.74, 6) is 0.682. The molecule has 3 aromatic heterocycles. The summed E-state index contributed by atoms with van der Waals surface area (Å²) in [4.78, 5) is 11.1. The molecule has 0 bridgehead atoms. The number of rotatable bonds is 3. The van der Waals surface area contributed by atoms with Gasteiger partial charge >= 0.3 is 0 Å². The largest absolute Gasteiger partial charge is 0.309 e. The van der Waals surface area contributed by atoms with E-state index in [1.54, 1.807) is 0 Å². The van der Waals surface area contributed by atoms with Crippen molar-refractivity contribution < 1.29 is 0 Å². The van der Waals surface area contributed by atoms with Crippen molar-refractivity contribution in [3.05, 3.63) is 169 Å². The number of para-hydroxylation sites is 3. The molecule has 0 saturated heterocycles. The Morgan fingerprint density at radius 1 is 0.451 bits per heavy atom. The van der Waals surface area contributed by atoms with E-state index in [2.05, 4.69) is 181 Å². The van der Waals surface area contributed by atoms with Crippen molar-refractivity contribution in [2.75, 3.05) is 0 Å². The molecule has 0 unspecified atom stereocenters. The summed E-state index contributed by atoms with van der Waals surface area (Å²) in [7, 11) is 0. The van der Waals surface area contributed by atoms with Gasteiger partial charge in [-0.15, -0.1) is 0 Å². The minimum atomic E-state index is -0.294. The van der Waals surface area contributed by atoms with Gasteiger partial charge in [0.15, 0.2) is 0 Å². The molecule has 0 spiro atoms. The summed E-state index contributed by atoms with van der Waals surface area (Å²) in [6.07, 6.45) is 0. The lowest BCUT2D eigenvalue weighted by atomic mass is 9.81. The van der Waals surface area contributed by atoms with Gasteiger partial charge in [0.1, 0.15) is 0 Å². The Hall–Kier alpha value is -6.52. The van der Waals surface area contributed by atoms with E-state index in [0.717, 1.165) is 39.2 Å². The maximum Gasteiger partial charge on any atom is 0.235 e. The third-order valence-electron chi connectivity index (χ3n) is 11.1. The Morgan fingerprint density at radius 2 is 1.04 bits per heavy atom. The average Bonchev–Trinajstić information content (AvgIpc) is 3.76. The molecule has 1 aliphatic rings. The summed E-state index contributed by atoms with van der Waals surface area (Å²) < 4.78 is 4.66. The van der Waals surface area contributed by atoms with Crippen molar-refractivity contribution in [3.8, 4) is 34.2 Å². The summed E-state index contributed by atoms with van der Waals surface area (Å²) >= 11 is 0. The van der Waals surface area contributed by atoms with Crippen molar-refractivity contribution in [3.63, 3.8) is 0 Å². The van der Waals surface area contributed by atoms with Crippen molar-refractivity contribution in [1.82, 2.24) is 19.1 Å². The third-order valence-corrected chi connectivity index (χ3v) is 11.1. The molecule has 7 aromatic carbocycles. The zero-order chi connectivity index (χ0) is 33.8. The van der Waals surface area contributed by atoms with Gasteiger partial charge in [-0.1, -0.05) is 129 Å². The first kappa shape index (κ1) is 28.3. The van der Waals surface area contributed by atoms with Gasteiger partial charge in [0.25, 0.3) is 0 Å². The maximum absolute atomic E-state index is 5.62. The predicted octanol–water partition coefficient (Wildman–Crippen LogP) is 11.8. The average molecular weight is 653 g/mol. The first-order valence-electron chi connectivity index (χ1n) is 17.6. The van der Waals surface area contributed by atoms with Crippen molar-refractivity contribution in [2.45, 2.75) is 19.3 Å². The second-order valence-corrected chi connectivity index (χ2v) is 14.3. The Kier molecular flexibility index (Phi) is 5.70. The monoisotopic (exact) mass is 652 g/mol. The van der Waals surface area contributed by atoms with Gasteiger partial charge in [-0.25, -0.2) is 9.97 Å². The topological polar surface area (TPSA) is 35.6 Å². The number of nitrogens with zero attached hydrogens (tertiary/aromatic N) is 4. The number of fused-ring (bicyclic) bond motifs is 10. The van der Waals surface area contributed by atoms with E-state index in [0.29, 0.717) is 5.95 Å². The van der Waals surface area contributed by atoms with E-state index in [1.807, 2.05) is 0 Å². The zero-order valence-electron chi connectivity index (χ0n) is 28.3. The van der Waals surface area contributed by atoms with Gasteiger partial charge in [0, 0.05) is 49.3 Å². The highest BCUT2D eigenvalue weighted by molar-refractivity contribution is 6.14. The highest BCUT2D eigenvalue weighted by Gasteiger charge is 2.40. The molecule has 0 radical (unpaired) electrons. The molecule has 240 valence electrons. The van der Waals surface area contributed by atoms with Crippen molar-refractivity contribution in [1.29, 1.82) is 0 Å². The molecule has 0 atom stereocenters. The number of hydrogen-bond donors (Lipinski definition) is 0. The summed E-state index contributed by atoms with van der Waals surface area (Å²) in [6, 6.07) is 56.8. The van der Waals surface area contributed by atoms with Crippen LogP contribution < -0.4 is 0 Å². The minimum Gasteiger partial charge on any atom is -0.309 e. The van der Waals surface area contributed by atoms with Crippen LogP contribution in [0.3, 0.4) is 0 Å². The van der Waals surface area contributed by atoms with E-state index in [4.69, 9.17) is 9.97 Å². The molecule has 11 rings (SSSR count). The summed E-state index contributed by atoms with van der Waals surface area (Å²) in [5, 5.41) is 7.27. The van der Waals surface area contributed by atoms with Crippen LogP contribution in [0.2, 0.25) is 0 Å². The van der Waals surface area contributed by atoms with Gasteiger partial charge in [0.05, 0.1) is 33.5 Å². The zero-order valence-corrected chi connectivity index (χ0v) is 28.3. The molecule has 10 aromatic rings. The first-order valence-corrected chi connectivity index (χ1v) is 17.6. The fourth-order valence-electron chi connectivity index (χ4n) is 8.76. The molecule has 4 heteroatoms. The molecule has 4 nitrogen and oxygen atoms in total. The van der Waals surface area contributed by atoms with Crippen LogP contribution >= 0.6 is 0 Å². The van der Waals surface area contributed by atoms with E-state index in [9.17, 15) is 0 Å². The van der Waals surface area contributed by atoms with E-state index in [-0.39, 0.29) is 5.41 Å². The quantitative estimate of drug-likeness (QED) is 0.190. The van der Waals surface area contributed by atoms with E-state index < -0.39 is 0 Å². The van der Waals surface area contributed by atoms with Crippen LogP contribution in [0.15, 0.2) is 158 Å². The summed E-state index contributed by atoms with van der Waals surface area (Å²) in [6.45, 7) is 4.63. The van der Waals surface area contributed by atoms with Crippen LogP contribution in [-0.2, 0) is 5.41 Å². The van der Waals surface area contributed by atoms with Crippen molar-refractivity contribution in [2.24, 2.45) is 0 Å². The standard InChI is InChI=1S/C47H32N4/c1-47(2)38-21-11-8-20-36(38)45-43(47)44(31-24-25-35-33-18-9-12-22-39(33)50(41(35)28-31)32-16-4-3-5-17-32)48-46(49-45)51-40-23-13-10-19-34(40)37-26-29-14-6-7-15-30(29)27-42(37)51/h3-28H,1-2H3. The maximum atomic E-state index is 5.62. The van der Waals surface area contributed by atoms with Crippen LogP contribution in [0.25, 0.3) is 88.5 Å². The molecule has 0 aliphatic heterocycles. The molecule has 3 heterocycles. The Balaban J connectivity index is 1.26.